The number of aliphatic hydroxyl groups excluding tert-OH is 1. The Bertz CT molecular complexity index is 594. The van der Waals surface area contributed by atoms with Crippen LogP contribution in [0, 0.1) is 0 Å². The summed E-state index contributed by atoms with van der Waals surface area (Å²) >= 11 is 0. The van der Waals surface area contributed by atoms with Crippen molar-refractivity contribution in [2.75, 3.05) is 24.5 Å². The molecule has 0 saturated carbocycles. The molecule has 0 unspecified atom stereocenters. The number of hydrogen-bond donors (Lipinski definition) is 1. The van der Waals surface area contributed by atoms with Crippen molar-refractivity contribution in [3.63, 3.8) is 0 Å². The highest BCUT2D eigenvalue weighted by Gasteiger charge is 2.23. The summed E-state index contributed by atoms with van der Waals surface area (Å²) in [6.07, 6.45) is 5.10. The fourth-order valence-corrected chi connectivity index (χ4v) is 2.90. The average molecular weight is 300 g/mol. The molecule has 2 aliphatic heterocycles. The summed E-state index contributed by atoms with van der Waals surface area (Å²) < 4.78 is 0. The Kier molecular flexibility index (Phi) is 4.24. The Morgan fingerprint density at radius 1 is 1.23 bits per heavy atom. The third-order valence-corrected chi connectivity index (χ3v) is 4.17. The largest absolute Gasteiger partial charge is 0.391 e. The average Bonchev–Trinajstić information content (AvgIpc) is 3.14. The van der Waals surface area contributed by atoms with Crippen molar-refractivity contribution in [3.05, 3.63) is 35.9 Å². The normalized spacial score (nSPS) is 22.0. The number of carbonyl (C=O) groups excluding carboxylic acids is 2. The van der Waals surface area contributed by atoms with Gasteiger partial charge in [0.1, 0.15) is 0 Å². The van der Waals surface area contributed by atoms with Gasteiger partial charge >= 0.3 is 0 Å². The van der Waals surface area contributed by atoms with E-state index < -0.39 is 6.10 Å². The van der Waals surface area contributed by atoms with Crippen molar-refractivity contribution in [1.29, 1.82) is 0 Å². The molecule has 116 valence electrons. The maximum Gasteiger partial charge on any atom is 0.246 e. The van der Waals surface area contributed by atoms with Gasteiger partial charge in [0.25, 0.3) is 0 Å². The van der Waals surface area contributed by atoms with Gasteiger partial charge in [-0.25, -0.2) is 0 Å². The number of benzene rings is 1. The summed E-state index contributed by atoms with van der Waals surface area (Å²) in [6.45, 7) is 1.81. The zero-order valence-electron chi connectivity index (χ0n) is 12.4. The molecule has 0 aliphatic carbocycles. The molecule has 1 atom stereocenters. The number of amides is 2. The van der Waals surface area contributed by atoms with Gasteiger partial charge in [0.15, 0.2) is 0 Å². The molecule has 2 heterocycles. The van der Waals surface area contributed by atoms with Gasteiger partial charge in [0.05, 0.1) is 6.10 Å². The van der Waals surface area contributed by atoms with E-state index in [0.29, 0.717) is 25.9 Å². The van der Waals surface area contributed by atoms with E-state index in [2.05, 4.69) is 0 Å². The summed E-state index contributed by atoms with van der Waals surface area (Å²) in [5.41, 5.74) is 1.83. The number of nitrogens with zero attached hydrogens (tertiary/aromatic N) is 2. The van der Waals surface area contributed by atoms with Crippen LogP contribution in [-0.4, -0.2) is 47.6 Å². The van der Waals surface area contributed by atoms with Gasteiger partial charge in [0.2, 0.25) is 11.8 Å². The van der Waals surface area contributed by atoms with Crippen molar-refractivity contribution in [3.8, 4) is 0 Å². The van der Waals surface area contributed by atoms with Crippen LogP contribution in [0.1, 0.15) is 24.8 Å². The number of aliphatic hydroxyl groups is 1. The Morgan fingerprint density at radius 3 is 2.59 bits per heavy atom. The second-order valence-corrected chi connectivity index (χ2v) is 5.80. The first-order chi connectivity index (χ1) is 10.6. The fraction of sp³-hybridized carbons (Fsp3) is 0.412. The fourth-order valence-electron chi connectivity index (χ4n) is 2.90. The molecule has 0 bridgehead atoms. The van der Waals surface area contributed by atoms with E-state index >= 15 is 0 Å². The molecular weight excluding hydrogens is 280 g/mol. The lowest BCUT2D eigenvalue weighted by Gasteiger charge is -2.15. The van der Waals surface area contributed by atoms with E-state index in [1.165, 1.54) is 6.08 Å². The summed E-state index contributed by atoms with van der Waals surface area (Å²) in [7, 11) is 0. The van der Waals surface area contributed by atoms with Crippen LogP contribution in [0.5, 0.6) is 0 Å². The van der Waals surface area contributed by atoms with Crippen molar-refractivity contribution in [2.24, 2.45) is 0 Å². The van der Waals surface area contributed by atoms with Crippen LogP contribution in [0.3, 0.4) is 0 Å². The van der Waals surface area contributed by atoms with Crippen molar-refractivity contribution in [1.82, 2.24) is 4.90 Å². The number of likely N-dealkylation sites (tertiary alicyclic amines) is 1. The Labute approximate surface area is 129 Å². The molecule has 1 N–H and O–H groups in total. The number of β-amino-alcohol motifs (C(OH)–C–C–N with tert-alkyl or cyclic N) is 1. The number of rotatable bonds is 3. The van der Waals surface area contributed by atoms with Crippen LogP contribution in [0.4, 0.5) is 5.69 Å². The van der Waals surface area contributed by atoms with E-state index in [4.69, 9.17) is 0 Å². The monoisotopic (exact) mass is 300 g/mol. The minimum absolute atomic E-state index is 0.0738. The molecule has 0 spiro atoms. The predicted molar refractivity (Wildman–Crippen MR) is 84.3 cm³/mol. The summed E-state index contributed by atoms with van der Waals surface area (Å²) in [5, 5.41) is 9.44. The van der Waals surface area contributed by atoms with E-state index in [9.17, 15) is 14.7 Å². The van der Waals surface area contributed by atoms with Gasteiger partial charge in [-0.2, -0.15) is 0 Å². The molecule has 2 aliphatic rings. The summed E-state index contributed by atoms with van der Waals surface area (Å²) in [4.78, 5) is 27.1. The van der Waals surface area contributed by atoms with Gasteiger partial charge in [-0.15, -0.1) is 0 Å². The molecule has 0 aromatic heterocycles. The van der Waals surface area contributed by atoms with E-state index in [0.717, 1.165) is 24.2 Å². The maximum atomic E-state index is 12.0. The first-order valence-corrected chi connectivity index (χ1v) is 7.69. The molecule has 0 radical (unpaired) electrons. The van der Waals surface area contributed by atoms with Crippen LogP contribution in [0.25, 0.3) is 6.08 Å². The second-order valence-electron chi connectivity index (χ2n) is 5.80. The number of carbonyl (C=O) groups is 2. The lowest BCUT2D eigenvalue weighted by atomic mass is 10.2. The van der Waals surface area contributed by atoms with Crippen LogP contribution in [0.15, 0.2) is 30.3 Å². The van der Waals surface area contributed by atoms with Gasteiger partial charge in [-0.1, -0.05) is 12.1 Å². The number of anilines is 1. The Balaban J connectivity index is 1.62. The van der Waals surface area contributed by atoms with Crippen molar-refractivity contribution in [2.45, 2.75) is 25.4 Å². The molecule has 22 heavy (non-hydrogen) atoms. The second kappa shape index (κ2) is 6.32. The van der Waals surface area contributed by atoms with Crippen LogP contribution in [-0.2, 0) is 9.59 Å². The Morgan fingerprint density at radius 2 is 2.00 bits per heavy atom. The SMILES string of the molecule is O=C(/C=C/c1ccc(N2CCCC2=O)cc1)N1CC[C@@H](O)C1. The minimum atomic E-state index is -0.394. The molecule has 2 amide bonds. The molecule has 5 heteroatoms. The lowest BCUT2D eigenvalue weighted by Crippen LogP contribution is -2.27. The highest BCUT2D eigenvalue weighted by molar-refractivity contribution is 5.95. The maximum absolute atomic E-state index is 12.0. The van der Waals surface area contributed by atoms with Gasteiger partial charge in [-0.05, 0) is 36.6 Å². The predicted octanol–water partition coefficient (Wildman–Crippen LogP) is 1.42. The highest BCUT2D eigenvalue weighted by atomic mass is 16.3. The van der Waals surface area contributed by atoms with E-state index in [-0.39, 0.29) is 11.8 Å². The molecule has 3 rings (SSSR count). The van der Waals surface area contributed by atoms with Crippen molar-refractivity contribution >= 4 is 23.6 Å². The Hall–Kier alpha value is -2.14. The number of hydrogen-bond acceptors (Lipinski definition) is 3. The molecule has 1 aromatic carbocycles. The quantitative estimate of drug-likeness (QED) is 0.859. The summed E-state index contributed by atoms with van der Waals surface area (Å²) in [5.74, 6) is 0.0985. The zero-order valence-corrected chi connectivity index (χ0v) is 12.4. The highest BCUT2D eigenvalue weighted by Crippen LogP contribution is 2.22. The smallest absolute Gasteiger partial charge is 0.246 e. The summed E-state index contributed by atoms with van der Waals surface area (Å²) in [6, 6.07) is 7.63. The third-order valence-electron chi connectivity index (χ3n) is 4.17. The molecule has 2 fully saturated rings. The molecular formula is C17H20N2O3. The minimum Gasteiger partial charge on any atom is -0.391 e. The van der Waals surface area contributed by atoms with Crippen LogP contribution in [0.2, 0.25) is 0 Å². The van der Waals surface area contributed by atoms with Gasteiger partial charge in [0, 0.05) is 37.8 Å². The molecule has 1 aromatic rings. The van der Waals surface area contributed by atoms with Gasteiger partial charge < -0.3 is 14.9 Å². The topological polar surface area (TPSA) is 60.9 Å². The first kappa shape index (κ1) is 14.8. The zero-order chi connectivity index (χ0) is 15.5. The van der Waals surface area contributed by atoms with Crippen LogP contribution >= 0.6 is 0 Å². The van der Waals surface area contributed by atoms with Gasteiger partial charge in [-0.3, -0.25) is 9.59 Å². The standard InChI is InChI=1S/C17H20N2O3/c20-15-9-11-18(12-15)16(21)8-5-13-3-6-14(7-4-13)19-10-1-2-17(19)22/h3-8,15,20H,1-2,9-12H2/b8-5+/t15-/m1/s1. The van der Waals surface area contributed by atoms with E-state index in [1.807, 2.05) is 24.3 Å². The molecule has 2 saturated heterocycles. The van der Waals surface area contributed by atoms with Crippen LogP contribution < -0.4 is 4.90 Å². The van der Waals surface area contributed by atoms with E-state index in [1.54, 1.807) is 15.9 Å². The first-order valence-electron chi connectivity index (χ1n) is 7.69. The lowest BCUT2D eigenvalue weighted by molar-refractivity contribution is -0.125. The van der Waals surface area contributed by atoms with Crippen molar-refractivity contribution < 1.29 is 14.7 Å². The molecule has 5 nitrogen and oxygen atoms in total. The third kappa shape index (κ3) is 3.20.